The highest BCUT2D eigenvalue weighted by molar-refractivity contribution is 6.08. The van der Waals surface area contributed by atoms with E-state index in [9.17, 15) is 18.0 Å². The smallest absolute Gasteiger partial charge is 0.287 e. The van der Waals surface area contributed by atoms with Gasteiger partial charge in [-0.15, -0.1) is 0 Å². The summed E-state index contributed by atoms with van der Waals surface area (Å²) in [7, 11) is 0. The van der Waals surface area contributed by atoms with Crippen LogP contribution in [-0.4, -0.2) is 11.7 Å². The van der Waals surface area contributed by atoms with Gasteiger partial charge in [-0.25, -0.2) is 8.78 Å². The van der Waals surface area contributed by atoms with Crippen LogP contribution >= 0.6 is 0 Å². The molecule has 0 heterocycles. The highest BCUT2D eigenvalue weighted by Crippen LogP contribution is 2.55. The minimum Gasteiger partial charge on any atom is -0.287 e. The zero-order valence-corrected chi connectivity index (χ0v) is 10.0. The Morgan fingerprint density at radius 2 is 1.50 bits per heavy atom. The highest BCUT2D eigenvalue weighted by atomic mass is 19.3. The van der Waals surface area contributed by atoms with E-state index >= 15 is 4.39 Å². The van der Waals surface area contributed by atoms with Crippen LogP contribution in [-0.2, 0) is 5.67 Å². The van der Waals surface area contributed by atoms with E-state index in [0.29, 0.717) is 0 Å². The number of carbonyl (C=O) groups is 1. The third kappa shape index (κ3) is 1.35. The molecule has 0 radical (unpaired) electrons. The second kappa shape index (κ2) is 3.91. The van der Waals surface area contributed by atoms with Crippen LogP contribution < -0.4 is 0 Å². The van der Waals surface area contributed by atoms with Gasteiger partial charge in [0.2, 0.25) is 11.5 Å². The van der Waals surface area contributed by atoms with E-state index in [1.165, 1.54) is 18.2 Å². The summed E-state index contributed by atoms with van der Waals surface area (Å²) < 4.78 is 57.3. The summed E-state index contributed by atoms with van der Waals surface area (Å²) in [6.07, 6.45) is 0. The molecule has 2 aromatic carbocycles. The number of fused-ring (bicyclic) bond motifs is 1. The van der Waals surface area contributed by atoms with Crippen LogP contribution in [0.4, 0.5) is 17.6 Å². The van der Waals surface area contributed by atoms with Crippen molar-refractivity contribution >= 4 is 5.78 Å². The molecule has 0 bridgehead atoms. The van der Waals surface area contributed by atoms with Crippen LogP contribution in [0.3, 0.4) is 0 Å². The Morgan fingerprint density at radius 3 is 2.15 bits per heavy atom. The van der Waals surface area contributed by atoms with Gasteiger partial charge in [0.1, 0.15) is 5.82 Å². The number of halogens is 4. The molecule has 0 saturated carbocycles. The van der Waals surface area contributed by atoms with Crippen molar-refractivity contribution < 1.29 is 22.4 Å². The number of benzene rings is 2. The normalized spacial score (nSPS) is 23.7. The molecule has 102 valence electrons. The molecule has 0 N–H and O–H groups in total. The predicted molar refractivity (Wildman–Crippen MR) is 64.0 cm³/mol. The van der Waals surface area contributed by atoms with Crippen molar-refractivity contribution in [3.63, 3.8) is 0 Å². The summed E-state index contributed by atoms with van der Waals surface area (Å²) in [5.74, 6) is -7.18. The molecular formula is C15H8F4O. The van der Waals surface area contributed by atoms with Crippen molar-refractivity contribution in [2.45, 2.75) is 11.6 Å². The lowest BCUT2D eigenvalue weighted by molar-refractivity contribution is -0.0798. The summed E-state index contributed by atoms with van der Waals surface area (Å²) in [6.45, 7) is 0. The molecule has 1 unspecified atom stereocenters. The van der Waals surface area contributed by atoms with Gasteiger partial charge in [0.25, 0.3) is 0 Å². The molecule has 1 aliphatic carbocycles. The summed E-state index contributed by atoms with van der Waals surface area (Å²) >= 11 is 0. The van der Waals surface area contributed by atoms with Crippen molar-refractivity contribution in [2.24, 2.45) is 0 Å². The number of hydrogen-bond acceptors (Lipinski definition) is 1. The molecule has 5 heteroatoms. The van der Waals surface area contributed by atoms with Crippen LogP contribution in [0.5, 0.6) is 0 Å². The van der Waals surface area contributed by atoms with Crippen molar-refractivity contribution in [1.29, 1.82) is 0 Å². The SMILES string of the molecule is O=C1c2cccc(F)c2C(F)(c2ccccc2)C1(F)F. The van der Waals surface area contributed by atoms with Crippen LogP contribution in [0.1, 0.15) is 21.5 Å². The van der Waals surface area contributed by atoms with Crippen molar-refractivity contribution in [3.05, 3.63) is 71.0 Å². The first-order valence-electron chi connectivity index (χ1n) is 5.86. The average Bonchev–Trinajstić information content (AvgIpc) is 2.60. The van der Waals surface area contributed by atoms with Crippen LogP contribution in [0.25, 0.3) is 0 Å². The van der Waals surface area contributed by atoms with E-state index in [-0.39, 0.29) is 0 Å². The number of alkyl halides is 3. The zero-order chi connectivity index (χ0) is 14.5. The highest BCUT2D eigenvalue weighted by Gasteiger charge is 2.69. The van der Waals surface area contributed by atoms with Gasteiger partial charge in [0.15, 0.2) is 0 Å². The molecule has 20 heavy (non-hydrogen) atoms. The maximum Gasteiger partial charge on any atom is 0.351 e. The maximum absolute atomic E-state index is 15.1. The summed E-state index contributed by atoms with van der Waals surface area (Å²) in [4.78, 5) is 11.7. The van der Waals surface area contributed by atoms with Gasteiger partial charge < -0.3 is 0 Å². The molecule has 1 aliphatic rings. The third-order valence-electron chi connectivity index (χ3n) is 3.49. The first-order valence-corrected chi connectivity index (χ1v) is 5.86. The topological polar surface area (TPSA) is 17.1 Å². The molecule has 0 aliphatic heterocycles. The first-order chi connectivity index (χ1) is 9.40. The molecule has 2 aromatic rings. The second-order valence-corrected chi connectivity index (χ2v) is 4.59. The molecule has 1 atom stereocenters. The van der Waals surface area contributed by atoms with E-state index in [1.54, 1.807) is 0 Å². The van der Waals surface area contributed by atoms with Crippen molar-refractivity contribution in [2.75, 3.05) is 0 Å². The average molecular weight is 280 g/mol. The monoisotopic (exact) mass is 280 g/mol. The van der Waals surface area contributed by atoms with Crippen LogP contribution in [0, 0.1) is 5.82 Å². The fourth-order valence-corrected chi connectivity index (χ4v) is 2.54. The second-order valence-electron chi connectivity index (χ2n) is 4.59. The predicted octanol–water partition coefficient (Wildman–Crippen LogP) is 3.87. The Labute approximate surface area is 111 Å². The van der Waals surface area contributed by atoms with Gasteiger partial charge in [-0.3, -0.25) is 4.79 Å². The minimum atomic E-state index is -4.33. The van der Waals surface area contributed by atoms with Gasteiger partial charge >= 0.3 is 5.92 Å². The number of Topliss-reactive ketones (excluding diaryl/α,β-unsaturated/α-hetero) is 1. The summed E-state index contributed by atoms with van der Waals surface area (Å²) in [5, 5.41) is 0. The number of ketones is 1. The van der Waals surface area contributed by atoms with Crippen LogP contribution in [0.15, 0.2) is 48.5 Å². The standard InChI is InChI=1S/C15H8F4O/c16-11-8-4-7-10-12(11)14(17,15(18,19)13(10)20)9-5-2-1-3-6-9/h1-8H. The minimum absolute atomic E-state index is 0.442. The Balaban J connectivity index is 2.39. The Morgan fingerprint density at radius 1 is 0.850 bits per heavy atom. The van der Waals surface area contributed by atoms with E-state index in [1.807, 2.05) is 0 Å². The molecule has 0 spiro atoms. The third-order valence-corrected chi connectivity index (χ3v) is 3.49. The fourth-order valence-electron chi connectivity index (χ4n) is 2.54. The van der Waals surface area contributed by atoms with Gasteiger partial charge in [-0.1, -0.05) is 42.5 Å². The Hall–Kier alpha value is -2.17. The molecule has 3 rings (SSSR count). The lowest BCUT2D eigenvalue weighted by atomic mass is 9.87. The van der Waals surface area contributed by atoms with E-state index < -0.39 is 39.9 Å². The number of hydrogen-bond donors (Lipinski definition) is 0. The van der Waals surface area contributed by atoms with Gasteiger partial charge in [0.05, 0.1) is 0 Å². The molecular weight excluding hydrogens is 272 g/mol. The Kier molecular flexibility index (Phi) is 2.51. The van der Waals surface area contributed by atoms with E-state index in [4.69, 9.17) is 0 Å². The van der Waals surface area contributed by atoms with Crippen LogP contribution in [0.2, 0.25) is 0 Å². The fraction of sp³-hybridized carbons (Fsp3) is 0.133. The lowest BCUT2D eigenvalue weighted by Gasteiger charge is -2.27. The van der Waals surface area contributed by atoms with Crippen molar-refractivity contribution in [1.82, 2.24) is 0 Å². The van der Waals surface area contributed by atoms with E-state index in [2.05, 4.69) is 0 Å². The number of rotatable bonds is 1. The van der Waals surface area contributed by atoms with Crippen molar-refractivity contribution in [3.8, 4) is 0 Å². The maximum atomic E-state index is 15.1. The summed E-state index contributed by atoms with van der Waals surface area (Å²) in [6, 6.07) is 9.45. The molecule has 1 nitrogen and oxygen atoms in total. The quantitative estimate of drug-likeness (QED) is 0.725. The summed E-state index contributed by atoms with van der Waals surface area (Å²) in [5.41, 5.74) is -5.42. The molecule has 0 amide bonds. The van der Waals surface area contributed by atoms with Gasteiger partial charge in [0, 0.05) is 16.7 Å². The van der Waals surface area contributed by atoms with E-state index in [0.717, 1.165) is 30.3 Å². The van der Waals surface area contributed by atoms with Gasteiger partial charge in [-0.2, -0.15) is 8.78 Å². The largest absolute Gasteiger partial charge is 0.351 e. The lowest BCUT2D eigenvalue weighted by Crippen LogP contribution is -2.42. The zero-order valence-electron chi connectivity index (χ0n) is 10.0. The first kappa shape index (κ1) is 12.8. The molecule has 0 saturated heterocycles. The number of carbonyl (C=O) groups excluding carboxylic acids is 1. The Bertz CT molecular complexity index is 696. The van der Waals surface area contributed by atoms with Gasteiger partial charge in [-0.05, 0) is 6.07 Å². The molecule has 0 fully saturated rings. The molecule has 0 aromatic heterocycles.